The highest BCUT2D eigenvalue weighted by Crippen LogP contribution is 2.42. The Balaban J connectivity index is 1.56. The number of nitrogens with zero attached hydrogens (tertiary/aromatic N) is 1. The minimum absolute atomic E-state index is 0.0110. The fourth-order valence-electron chi connectivity index (χ4n) is 4.49. The van der Waals surface area contributed by atoms with Crippen LogP contribution in [-0.4, -0.2) is 34.5 Å². The molecule has 9 heteroatoms. The van der Waals surface area contributed by atoms with Crippen LogP contribution in [0.2, 0.25) is 0 Å². The molecule has 1 aliphatic heterocycles. The third kappa shape index (κ3) is 4.68. The predicted molar refractivity (Wildman–Crippen MR) is 143 cm³/mol. The van der Waals surface area contributed by atoms with Crippen molar-refractivity contribution in [2.75, 3.05) is 11.5 Å². The Hall–Kier alpha value is -4.37. The standard InChI is InChI=1S/C29H22BrNO7/c1-2-37-24(33)13-16-3-8-20(9-4-16)31-26(17-5-10-21(32)11-6-17)25(28(35)29(31)36)27(34)23-15-18-14-19(30)7-12-22(18)38-23/h3-12,14-15,26,32,35H,2,13H2,1H3. The molecule has 3 aromatic carbocycles. The highest BCUT2D eigenvalue weighted by atomic mass is 79.9. The number of esters is 1. The first-order valence-corrected chi connectivity index (χ1v) is 12.6. The van der Waals surface area contributed by atoms with Crippen LogP contribution < -0.4 is 4.90 Å². The smallest absolute Gasteiger partial charge is 0.310 e. The molecule has 0 fully saturated rings. The lowest BCUT2D eigenvalue weighted by atomic mass is 9.94. The van der Waals surface area contributed by atoms with Crippen molar-refractivity contribution < 1.29 is 33.8 Å². The van der Waals surface area contributed by atoms with Crippen molar-refractivity contribution in [3.8, 4) is 5.75 Å². The van der Waals surface area contributed by atoms with E-state index in [0.29, 0.717) is 27.8 Å². The summed E-state index contributed by atoms with van der Waals surface area (Å²) in [5.74, 6) is -2.47. The Morgan fingerprint density at radius 3 is 2.39 bits per heavy atom. The molecule has 1 aromatic heterocycles. The molecule has 8 nitrogen and oxygen atoms in total. The fraction of sp³-hybridized carbons (Fsp3) is 0.138. The van der Waals surface area contributed by atoms with Gasteiger partial charge in [0.15, 0.2) is 11.5 Å². The molecule has 0 saturated carbocycles. The van der Waals surface area contributed by atoms with Crippen molar-refractivity contribution in [1.82, 2.24) is 0 Å². The van der Waals surface area contributed by atoms with Gasteiger partial charge in [0.05, 0.1) is 24.6 Å². The molecule has 2 N–H and O–H groups in total. The lowest BCUT2D eigenvalue weighted by Crippen LogP contribution is -2.31. The van der Waals surface area contributed by atoms with Crippen LogP contribution in [-0.2, 0) is 20.7 Å². The van der Waals surface area contributed by atoms with Crippen LogP contribution in [0.25, 0.3) is 11.0 Å². The zero-order valence-electron chi connectivity index (χ0n) is 20.2. The van der Waals surface area contributed by atoms with E-state index in [0.717, 1.165) is 4.47 Å². The van der Waals surface area contributed by atoms with Gasteiger partial charge in [-0.25, -0.2) is 0 Å². The highest BCUT2D eigenvalue weighted by Gasteiger charge is 2.45. The fourth-order valence-corrected chi connectivity index (χ4v) is 4.87. The number of rotatable bonds is 7. The molecule has 2 heterocycles. The Kier molecular flexibility index (Phi) is 6.77. The maximum atomic E-state index is 13.7. The Bertz CT molecular complexity index is 1590. The molecule has 1 unspecified atom stereocenters. The van der Waals surface area contributed by atoms with E-state index in [1.807, 2.05) is 0 Å². The number of aliphatic hydroxyl groups excluding tert-OH is 1. The van der Waals surface area contributed by atoms with Crippen molar-refractivity contribution in [2.45, 2.75) is 19.4 Å². The van der Waals surface area contributed by atoms with Gasteiger partial charge in [-0.15, -0.1) is 0 Å². The predicted octanol–water partition coefficient (Wildman–Crippen LogP) is 5.79. The number of anilines is 1. The topological polar surface area (TPSA) is 117 Å². The zero-order valence-corrected chi connectivity index (χ0v) is 21.8. The summed E-state index contributed by atoms with van der Waals surface area (Å²) < 4.78 is 11.6. The summed E-state index contributed by atoms with van der Waals surface area (Å²) in [6.07, 6.45) is 0.0683. The molecule has 1 atom stereocenters. The number of ketones is 1. The average Bonchev–Trinajstić information content (AvgIpc) is 3.43. The van der Waals surface area contributed by atoms with Gasteiger partial charge in [0.1, 0.15) is 11.3 Å². The van der Waals surface area contributed by atoms with Gasteiger partial charge in [-0.05, 0) is 66.6 Å². The molecule has 5 rings (SSSR count). The molecule has 1 amide bonds. The number of aromatic hydroxyl groups is 1. The van der Waals surface area contributed by atoms with E-state index in [2.05, 4.69) is 15.9 Å². The number of fused-ring (bicyclic) bond motifs is 1. The lowest BCUT2D eigenvalue weighted by molar-refractivity contribution is -0.142. The zero-order chi connectivity index (χ0) is 27.0. The molecule has 0 spiro atoms. The van der Waals surface area contributed by atoms with Gasteiger partial charge >= 0.3 is 5.97 Å². The van der Waals surface area contributed by atoms with E-state index in [-0.39, 0.29) is 36.1 Å². The van der Waals surface area contributed by atoms with Gasteiger partial charge in [-0.1, -0.05) is 40.2 Å². The first-order valence-electron chi connectivity index (χ1n) is 11.8. The first kappa shape index (κ1) is 25.3. The van der Waals surface area contributed by atoms with Gasteiger partial charge < -0.3 is 19.4 Å². The van der Waals surface area contributed by atoms with Gasteiger partial charge in [0, 0.05) is 15.5 Å². The average molecular weight is 576 g/mol. The normalized spacial score (nSPS) is 15.4. The molecule has 192 valence electrons. The lowest BCUT2D eigenvalue weighted by Gasteiger charge is -2.27. The highest BCUT2D eigenvalue weighted by molar-refractivity contribution is 9.10. The monoisotopic (exact) mass is 575 g/mol. The van der Waals surface area contributed by atoms with E-state index in [4.69, 9.17) is 9.15 Å². The van der Waals surface area contributed by atoms with Crippen LogP contribution >= 0.6 is 15.9 Å². The number of furan rings is 1. The summed E-state index contributed by atoms with van der Waals surface area (Å²) in [7, 11) is 0. The number of halogens is 1. The van der Waals surface area contributed by atoms with E-state index in [1.165, 1.54) is 17.0 Å². The van der Waals surface area contributed by atoms with Crippen molar-refractivity contribution in [2.24, 2.45) is 0 Å². The Morgan fingerprint density at radius 2 is 1.71 bits per heavy atom. The second-order valence-corrected chi connectivity index (χ2v) is 9.62. The molecular formula is C29H22BrNO7. The number of phenolic OH excluding ortho intramolecular Hbond substituents is 1. The summed E-state index contributed by atoms with van der Waals surface area (Å²) in [5.41, 5.74) is 1.93. The molecule has 0 radical (unpaired) electrons. The van der Waals surface area contributed by atoms with Crippen LogP contribution in [0.4, 0.5) is 5.69 Å². The minimum Gasteiger partial charge on any atom is -0.508 e. The summed E-state index contributed by atoms with van der Waals surface area (Å²) in [6, 6.07) is 18.5. The maximum absolute atomic E-state index is 13.7. The molecule has 38 heavy (non-hydrogen) atoms. The molecular weight excluding hydrogens is 554 g/mol. The van der Waals surface area contributed by atoms with Crippen LogP contribution in [0.1, 0.15) is 34.6 Å². The third-order valence-corrected chi connectivity index (χ3v) is 6.73. The quantitative estimate of drug-likeness (QED) is 0.211. The number of carbonyl (C=O) groups is 3. The van der Waals surface area contributed by atoms with E-state index in [9.17, 15) is 24.6 Å². The van der Waals surface area contributed by atoms with Crippen LogP contribution in [0.15, 0.2) is 93.0 Å². The van der Waals surface area contributed by atoms with Gasteiger partial charge in [-0.3, -0.25) is 19.3 Å². The largest absolute Gasteiger partial charge is 0.508 e. The van der Waals surface area contributed by atoms with Crippen LogP contribution in [0.5, 0.6) is 5.75 Å². The summed E-state index contributed by atoms with van der Waals surface area (Å²) in [4.78, 5) is 40.3. The van der Waals surface area contributed by atoms with Crippen molar-refractivity contribution in [1.29, 1.82) is 0 Å². The van der Waals surface area contributed by atoms with E-state index >= 15 is 0 Å². The number of Topliss-reactive ketones (excluding diaryl/α,β-unsaturated/α-hetero) is 1. The summed E-state index contributed by atoms with van der Waals surface area (Å²) in [6.45, 7) is 2.00. The molecule has 1 aliphatic rings. The molecule has 0 saturated heterocycles. The third-order valence-electron chi connectivity index (χ3n) is 6.23. The Morgan fingerprint density at radius 1 is 1.00 bits per heavy atom. The van der Waals surface area contributed by atoms with Crippen molar-refractivity contribution >= 4 is 50.2 Å². The van der Waals surface area contributed by atoms with Gasteiger partial charge in [0.25, 0.3) is 5.91 Å². The minimum atomic E-state index is -0.994. The second kappa shape index (κ2) is 10.2. The van der Waals surface area contributed by atoms with Crippen molar-refractivity contribution in [3.63, 3.8) is 0 Å². The van der Waals surface area contributed by atoms with Gasteiger partial charge in [0.2, 0.25) is 5.78 Å². The summed E-state index contributed by atoms with van der Waals surface area (Å²) in [5, 5.41) is 21.5. The first-order chi connectivity index (χ1) is 18.3. The van der Waals surface area contributed by atoms with Crippen molar-refractivity contribution in [3.05, 3.63) is 105 Å². The number of hydrogen-bond acceptors (Lipinski definition) is 7. The summed E-state index contributed by atoms with van der Waals surface area (Å²) >= 11 is 3.39. The number of amides is 1. The van der Waals surface area contributed by atoms with Crippen LogP contribution in [0, 0.1) is 0 Å². The molecule has 4 aromatic rings. The number of phenols is 1. The maximum Gasteiger partial charge on any atom is 0.310 e. The van der Waals surface area contributed by atoms with Gasteiger partial charge in [-0.2, -0.15) is 0 Å². The number of carbonyl (C=O) groups excluding carboxylic acids is 3. The number of benzene rings is 3. The number of ether oxygens (including phenoxy) is 1. The number of hydrogen-bond donors (Lipinski definition) is 2. The van der Waals surface area contributed by atoms with E-state index in [1.54, 1.807) is 67.6 Å². The molecule has 0 aliphatic carbocycles. The number of aliphatic hydroxyl groups is 1. The van der Waals surface area contributed by atoms with E-state index < -0.39 is 23.5 Å². The molecule has 0 bridgehead atoms. The second-order valence-electron chi connectivity index (χ2n) is 8.70. The van der Waals surface area contributed by atoms with Crippen LogP contribution in [0.3, 0.4) is 0 Å². The Labute approximate surface area is 225 Å². The SMILES string of the molecule is CCOC(=O)Cc1ccc(N2C(=O)C(O)=C(C(=O)c3cc4cc(Br)ccc4o3)C2c2ccc(O)cc2)cc1.